The van der Waals surface area contributed by atoms with Crippen LogP contribution in [0.4, 0.5) is 0 Å². The van der Waals surface area contributed by atoms with Crippen LogP contribution in [-0.4, -0.2) is 6.61 Å². The summed E-state index contributed by atoms with van der Waals surface area (Å²) < 4.78 is 5.52. The van der Waals surface area contributed by atoms with E-state index >= 15 is 0 Å². The Balaban J connectivity index is 2.25. The Labute approximate surface area is 101 Å². The molecule has 0 aromatic heterocycles. The van der Waals surface area contributed by atoms with Crippen LogP contribution in [0.2, 0.25) is 0 Å². The van der Waals surface area contributed by atoms with E-state index in [4.69, 9.17) is 4.74 Å². The molecule has 0 saturated carbocycles. The molecule has 0 aliphatic heterocycles. The van der Waals surface area contributed by atoms with Gasteiger partial charge in [0.05, 0.1) is 6.61 Å². The first-order valence-corrected chi connectivity index (χ1v) is 5.84. The predicted octanol–water partition coefficient (Wildman–Crippen LogP) is 4.19. The summed E-state index contributed by atoms with van der Waals surface area (Å²) in [5, 5.41) is 4.81. The summed E-state index contributed by atoms with van der Waals surface area (Å²) in [6, 6.07) is 19.9. The molecule has 3 aromatic carbocycles. The molecule has 83 valence electrons. The summed E-state index contributed by atoms with van der Waals surface area (Å²) in [5.74, 6) is 0.926. The van der Waals surface area contributed by atoms with Crippen molar-refractivity contribution in [1.29, 1.82) is 0 Å². The third-order valence-electron chi connectivity index (χ3n) is 2.90. The highest BCUT2D eigenvalue weighted by molar-refractivity contribution is 5.98. The van der Waals surface area contributed by atoms with Crippen molar-refractivity contribution >= 4 is 21.5 Å². The maximum absolute atomic E-state index is 5.52. The molecule has 1 heteroatoms. The molecule has 1 radical (unpaired) electrons. The van der Waals surface area contributed by atoms with Crippen LogP contribution in [-0.2, 0) is 0 Å². The Morgan fingerprint density at radius 2 is 1.94 bits per heavy atom. The van der Waals surface area contributed by atoms with E-state index in [1.54, 1.807) is 0 Å². The minimum atomic E-state index is 0.700. The van der Waals surface area contributed by atoms with Crippen LogP contribution >= 0.6 is 0 Å². The zero-order valence-corrected chi connectivity index (χ0v) is 9.73. The molecule has 0 spiro atoms. The normalized spacial score (nSPS) is 10.9. The summed E-state index contributed by atoms with van der Waals surface area (Å²) in [6.07, 6.45) is 0. The molecule has 3 aromatic rings. The van der Waals surface area contributed by atoms with Crippen molar-refractivity contribution in [3.05, 3.63) is 54.6 Å². The van der Waals surface area contributed by atoms with E-state index in [0.29, 0.717) is 6.61 Å². The maximum Gasteiger partial charge on any atom is 0.119 e. The molecule has 0 aliphatic carbocycles. The number of benzene rings is 3. The van der Waals surface area contributed by atoms with Gasteiger partial charge in [0.1, 0.15) is 5.75 Å². The minimum absolute atomic E-state index is 0.700. The van der Waals surface area contributed by atoms with E-state index in [2.05, 4.69) is 36.4 Å². The zero-order chi connectivity index (χ0) is 11.7. The fraction of sp³-hybridized carbons (Fsp3) is 0.125. The first-order chi connectivity index (χ1) is 8.36. The van der Waals surface area contributed by atoms with E-state index in [1.807, 2.05) is 25.1 Å². The Bertz CT molecular complexity index is 670. The van der Waals surface area contributed by atoms with Crippen molar-refractivity contribution in [2.45, 2.75) is 6.92 Å². The van der Waals surface area contributed by atoms with E-state index in [-0.39, 0.29) is 0 Å². The number of ether oxygens (including phenoxy) is 1. The molecule has 0 unspecified atom stereocenters. The van der Waals surface area contributed by atoms with Crippen molar-refractivity contribution in [3.8, 4) is 5.75 Å². The topological polar surface area (TPSA) is 9.23 Å². The minimum Gasteiger partial charge on any atom is -0.494 e. The summed E-state index contributed by atoms with van der Waals surface area (Å²) >= 11 is 0. The van der Waals surface area contributed by atoms with Gasteiger partial charge in [-0.3, -0.25) is 0 Å². The quantitative estimate of drug-likeness (QED) is 0.589. The molecule has 0 saturated heterocycles. The third kappa shape index (κ3) is 1.84. The Morgan fingerprint density at radius 1 is 1.00 bits per heavy atom. The average molecular weight is 221 g/mol. The third-order valence-corrected chi connectivity index (χ3v) is 2.90. The summed E-state index contributed by atoms with van der Waals surface area (Å²) in [4.78, 5) is 0. The molecule has 0 N–H and O–H groups in total. The molecule has 0 fully saturated rings. The molecule has 0 heterocycles. The molecule has 0 atom stereocenters. The lowest BCUT2D eigenvalue weighted by atomic mass is 10.0. The Kier molecular flexibility index (Phi) is 2.45. The van der Waals surface area contributed by atoms with E-state index in [0.717, 1.165) is 11.1 Å². The molecular weight excluding hydrogens is 208 g/mol. The maximum atomic E-state index is 5.52. The molecule has 0 amide bonds. The van der Waals surface area contributed by atoms with Crippen molar-refractivity contribution in [1.82, 2.24) is 0 Å². The van der Waals surface area contributed by atoms with Gasteiger partial charge in [0, 0.05) is 0 Å². The van der Waals surface area contributed by atoms with Crippen molar-refractivity contribution in [2.24, 2.45) is 0 Å². The first kappa shape index (κ1) is 10.2. The SMILES string of the molecule is CCOc1ccc2cc3ccc[c]c3cc2c1. The van der Waals surface area contributed by atoms with Crippen LogP contribution in [0.1, 0.15) is 6.92 Å². The van der Waals surface area contributed by atoms with Crippen molar-refractivity contribution < 1.29 is 4.74 Å². The lowest BCUT2D eigenvalue weighted by molar-refractivity contribution is 0.341. The van der Waals surface area contributed by atoms with Gasteiger partial charge >= 0.3 is 0 Å². The van der Waals surface area contributed by atoms with Crippen LogP contribution in [0.3, 0.4) is 0 Å². The summed E-state index contributed by atoms with van der Waals surface area (Å²) in [5.41, 5.74) is 0. The van der Waals surface area contributed by atoms with Crippen LogP contribution < -0.4 is 4.74 Å². The van der Waals surface area contributed by atoms with Crippen LogP contribution in [0.5, 0.6) is 5.75 Å². The molecule has 3 rings (SSSR count). The second-order valence-corrected chi connectivity index (χ2v) is 4.05. The van der Waals surface area contributed by atoms with Gasteiger partial charge < -0.3 is 4.74 Å². The average Bonchev–Trinajstić information content (AvgIpc) is 2.36. The van der Waals surface area contributed by atoms with Crippen LogP contribution in [0.25, 0.3) is 21.5 Å². The lowest BCUT2D eigenvalue weighted by Gasteiger charge is -2.06. The van der Waals surface area contributed by atoms with Gasteiger partial charge in [-0.1, -0.05) is 24.3 Å². The highest BCUT2D eigenvalue weighted by Crippen LogP contribution is 2.25. The standard InChI is InChI=1S/C16H13O/c1-2-17-16-8-7-14-9-12-5-3-4-6-13(12)10-15(14)11-16/h3-5,7-11H,2H2,1H3. The second-order valence-electron chi connectivity index (χ2n) is 4.05. The van der Waals surface area contributed by atoms with E-state index in [9.17, 15) is 0 Å². The van der Waals surface area contributed by atoms with Gasteiger partial charge in [0.2, 0.25) is 0 Å². The molecule has 17 heavy (non-hydrogen) atoms. The van der Waals surface area contributed by atoms with Crippen molar-refractivity contribution in [3.63, 3.8) is 0 Å². The molecule has 1 nitrogen and oxygen atoms in total. The summed E-state index contributed by atoms with van der Waals surface area (Å²) in [7, 11) is 0. The molecule has 0 aliphatic rings. The van der Waals surface area contributed by atoms with Crippen LogP contribution in [0.15, 0.2) is 48.5 Å². The van der Waals surface area contributed by atoms with Gasteiger partial charge in [0.25, 0.3) is 0 Å². The van der Waals surface area contributed by atoms with Gasteiger partial charge in [0.15, 0.2) is 0 Å². The molecule has 0 bridgehead atoms. The zero-order valence-electron chi connectivity index (χ0n) is 9.73. The fourth-order valence-electron chi connectivity index (χ4n) is 2.10. The number of hydrogen-bond donors (Lipinski definition) is 0. The molecular formula is C16H13O. The highest BCUT2D eigenvalue weighted by atomic mass is 16.5. The van der Waals surface area contributed by atoms with Gasteiger partial charge in [-0.2, -0.15) is 0 Å². The smallest absolute Gasteiger partial charge is 0.119 e. The summed E-state index contributed by atoms with van der Waals surface area (Å²) in [6.45, 7) is 2.70. The number of hydrogen-bond acceptors (Lipinski definition) is 1. The van der Waals surface area contributed by atoms with E-state index < -0.39 is 0 Å². The second kappa shape index (κ2) is 4.10. The number of fused-ring (bicyclic) bond motifs is 2. The highest BCUT2D eigenvalue weighted by Gasteiger charge is 1.99. The van der Waals surface area contributed by atoms with Gasteiger partial charge in [-0.25, -0.2) is 0 Å². The fourth-order valence-corrected chi connectivity index (χ4v) is 2.10. The van der Waals surface area contributed by atoms with Crippen LogP contribution in [0, 0.1) is 6.07 Å². The Morgan fingerprint density at radius 3 is 2.82 bits per heavy atom. The predicted molar refractivity (Wildman–Crippen MR) is 71.5 cm³/mol. The number of rotatable bonds is 2. The van der Waals surface area contributed by atoms with Gasteiger partial charge in [-0.15, -0.1) is 0 Å². The largest absolute Gasteiger partial charge is 0.494 e. The van der Waals surface area contributed by atoms with E-state index in [1.165, 1.54) is 16.2 Å². The first-order valence-electron chi connectivity index (χ1n) is 5.84. The Hall–Kier alpha value is -2.02. The van der Waals surface area contributed by atoms with Gasteiger partial charge in [-0.05, 0) is 58.8 Å². The van der Waals surface area contributed by atoms with Crippen molar-refractivity contribution in [2.75, 3.05) is 6.61 Å². The lowest BCUT2D eigenvalue weighted by Crippen LogP contribution is -1.90. The monoisotopic (exact) mass is 221 g/mol.